The van der Waals surface area contributed by atoms with Crippen LogP contribution in [0.2, 0.25) is 0 Å². The van der Waals surface area contributed by atoms with E-state index in [4.69, 9.17) is 24.3 Å². The average molecular weight is 703 g/mol. The van der Waals surface area contributed by atoms with E-state index in [9.17, 15) is 24.3 Å². The lowest BCUT2D eigenvalue weighted by atomic mass is 10.1. The van der Waals surface area contributed by atoms with E-state index < -0.39 is 30.7 Å². The summed E-state index contributed by atoms with van der Waals surface area (Å²) < 4.78 is 35.0. The van der Waals surface area contributed by atoms with Crippen molar-refractivity contribution in [1.29, 1.82) is 0 Å². The van der Waals surface area contributed by atoms with Gasteiger partial charge in [-0.3, -0.25) is 19.7 Å². The highest BCUT2D eigenvalue weighted by molar-refractivity contribution is 7.52. The number of nitrogens with one attached hydrogen (secondary N) is 1. The summed E-state index contributed by atoms with van der Waals surface area (Å²) in [6.07, 6.45) is 0.700. The van der Waals surface area contributed by atoms with Gasteiger partial charge in [0.15, 0.2) is 0 Å². The molecule has 0 aliphatic rings. The van der Waals surface area contributed by atoms with Crippen molar-refractivity contribution in [1.82, 2.24) is 5.09 Å². The van der Waals surface area contributed by atoms with Gasteiger partial charge < -0.3 is 24.3 Å². The molecule has 0 radical (unpaired) electrons. The molecule has 14 heteroatoms. The number of benzene rings is 4. The minimum Gasteiger partial charge on any atom is -0.465 e. The molecule has 4 aromatic carbocycles. The average Bonchev–Trinajstić information content (AvgIpc) is 3.06. The van der Waals surface area contributed by atoms with Crippen molar-refractivity contribution in [3.63, 3.8) is 0 Å². The molecule has 4 rings (SSSR count). The lowest BCUT2D eigenvalue weighted by molar-refractivity contribution is -0.384. The molecular formula is C34H41ClN3O9P. The van der Waals surface area contributed by atoms with Crippen LogP contribution < -0.4 is 19.9 Å². The number of hydrogen-bond acceptors (Lipinski definition) is 10. The Morgan fingerprint density at radius 2 is 1.19 bits per heavy atom. The number of non-ortho nitro benzene ring substituents is 1. The van der Waals surface area contributed by atoms with Crippen molar-refractivity contribution in [2.75, 3.05) is 13.2 Å². The number of rotatable bonds is 15. The van der Waals surface area contributed by atoms with Crippen LogP contribution in [0.25, 0.3) is 0 Å². The van der Waals surface area contributed by atoms with Gasteiger partial charge in [-0.25, -0.2) is 4.57 Å². The van der Waals surface area contributed by atoms with E-state index in [1.54, 1.807) is 44.2 Å². The molecule has 3 N–H and O–H groups in total. The molecule has 258 valence electrons. The van der Waals surface area contributed by atoms with Gasteiger partial charge in [-0.2, -0.15) is 5.09 Å². The second-order valence-electron chi connectivity index (χ2n) is 9.92. The molecule has 12 nitrogen and oxygen atoms in total. The Balaban J connectivity index is 0.000000634. The van der Waals surface area contributed by atoms with Crippen LogP contribution in [0.4, 0.5) is 5.69 Å². The second-order valence-corrected chi connectivity index (χ2v) is 11.5. The number of nitrogens with two attached hydrogens (primary N) is 1. The monoisotopic (exact) mass is 702 g/mol. The third kappa shape index (κ3) is 13.5. The molecule has 0 bridgehead atoms. The molecule has 0 spiro atoms. The quantitative estimate of drug-likeness (QED) is 0.0584. The zero-order valence-corrected chi connectivity index (χ0v) is 28.2. The van der Waals surface area contributed by atoms with Crippen molar-refractivity contribution in [3.8, 4) is 11.5 Å². The number of esters is 2. The third-order valence-electron chi connectivity index (χ3n) is 6.30. The zero-order valence-electron chi connectivity index (χ0n) is 26.5. The Bertz CT molecular complexity index is 1610. The maximum Gasteiger partial charge on any atom is 0.513 e. The van der Waals surface area contributed by atoms with Crippen LogP contribution >= 0.6 is 20.2 Å². The van der Waals surface area contributed by atoms with E-state index in [2.05, 4.69) is 5.09 Å². The molecule has 0 aliphatic heterocycles. The van der Waals surface area contributed by atoms with E-state index >= 15 is 0 Å². The predicted octanol–water partition coefficient (Wildman–Crippen LogP) is 6.71. The normalized spacial score (nSPS) is 12.7. The van der Waals surface area contributed by atoms with Gasteiger partial charge in [-0.05, 0) is 62.1 Å². The number of hydrogen-bond donors (Lipinski definition) is 2. The van der Waals surface area contributed by atoms with Gasteiger partial charge in [0, 0.05) is 13.6 Å². The third-order valence-corrected chi connectivity index (χ3v) is 7.83. The maximum absolute atomic E-state index is 13.8. The Morgan fingerprint density at radius 3 is 1.67 bits per heavy atom. The first-order valence-corrected chi connectivity index (χ1v) is 16.4. The van der Waals surface area contributed by atoms with Gasteiger partial charge >= 0.3 is 19.7 Å². The summed E-state index contributed by atoms with van der Waals surface area (Å²) in [6.45, 7) is 3.96. The van der Waals surface area contributed by atoms with E-state index in [1.165, 1.54) is 24.3 Å². The number of carbonyl (C=O) groups is 2. The molecule has 0 saturated heterocycles. The largest absolute Gasteiger partial charge is 0.513 e. The molecule has 0 saturated carbocycles. The first-order chi connectivity index (χ1) is 22.6. The summed E-state index contributed by atoms with van der Waals surface area (Å²) in [5.74, 6) is -0.644. The van der Waals surface area contributed by atoms with Crippen LogP contribution in [0.1, 0.15) is 26.4 Å². The van der Waals surface area contributed by atoms with Crippen molar-refractivity contribution < 1.29 is 39.0 Å². The van der Waals surface area contributed by atoms with Crippen LogP contribution in [0.3, 0.4) is 0 Å². The molecule has 48 heavy (non-hydrogen) atoms. The molecular weight excluding hydrogens is 661 g/mol. The Labute approximate surface area is 287 Å². The summed E-state index contributed by atoms with van der Waals surface area (Å²) in [5, 5.41) is 13.6. The fourth-order valence-corrected chi connectivity index (χ4v) is 5.64. The molecule has 0 fully saturated rings. The van der Waals surface area contributed by atoms with Gasteiger partial charge in [0.25, 0.3) is 5.69 Å². The highest BCUT2D eigenvalue weighted by Gasteiger charge is 2.36. The molecule has 3 atom stereocenters. The number of nitro groups is 1. The van der Waals surface area contributed by atoms with E-state index in [1.807, 2.05) is 60.7 Å². The van der Waals surface area contributed by atoms with Crippen LogP contribution in [0.15, 0.2) is 115 Å². The van der Waals surface area contributed by atoms with Crippen molar-refractivity contribution in [2.45, 2.75) is 38.8 Å². The fourth-order valence-electron chi connectivity index (χ4n) is 4.12. The highest BCUT2D eigenvalue weighted by atomic mass is 35.5. The molecule has 1 unspecified atom stereocenters. The summed E-state index contributed by atoms with van der Waals surface area (Å²) in [4.78, 5) is 34.2. The van der Waals surface area contributed by atoms with Crippen molar-refractivity contribution in [3.05, 3.63) is 137 Å². The number of halogens is 1. The lowest BCUT2D eigenvalue weighted by Crippen LogP contribution is -2.40. The highest BCUT2D eigenvalue weighted by Crippen LogP contribution is 2.45. The Morgan fingerprint density at radius 1 is 0.750 bits per heavy atom. The van der Waals surface area contributed by atoms with Crippen LogP contribution in [0, 0.1) is 10.1 Å². The first kappa shape index (κ1) is 39.4. The second kappa shape index (κ2) is 20.5. The summed E-state index contributed by atoms with van der Waals surface area (Å²) in [5.41, 5.74) is 7.37. The van der Waals surface area contributed by atoms with Gasteiger partial charge in [-0.15, -0.1) is 12.4 Å². The minimum absolute atomic E-state index is 0. The summed E-state index contributed by atoms with van der Waals surface area (Å²) >= 11 is 0. The fraction of sp³-hybridized carbons (Fsp3) is 0.235. The van der Waals surface area contributed by atoms with Gasteiger partial charge in [0.1, 0.15) is 23.6 Å². The molecule has 4 aromatic rings. The van der Waals surface area contributed by atoms with Crippen molar-refractivity contribution >= 4 is 37.8 Å². The smallest absolute Gasteiger partial charge is 0.465 e. The molecule has 0 heterocycles. The molecule has 0 aliphatic carbocycles. The molecule has 0 amide bonds. The molecule has 0 aromatic heterocycles. The minimum atomic E-state index is -4.19. The summed E-state index contributed by atoms with van der Waals surface area (Å²) in [6, 6.07) is 30.6. The van der Waals surface area contributed by atoms with Gasteiger partial charge in [-0.1, -0.05) is 78.9 Å². The first-order valence-electron chi connectivity index (χ1n) is 14.9. The van der Waals surface area contributed by atoms with E-state index in [0.717, 1.165) is 11.1 Å². The number of ether oxygens (including phenoxy) is 2. The Hall–Kier alpha value is -4.74. The Kier molecular flexibility index (Phi) is 16.8. The van der Waals surface area contributed by atoms with E-state index in [0.29, 0.717) is 13.0 Å². The predicted molar refractivity (Wildman–Crippen MR) is 186 cm³/mol. The number of para-hydroxylation sites is 1. The van der Waals surface area contributed by atoms with Crippen LogP contribution in [-0.2, 0) is 36.5 Å². The standard InChI is InChI=1S/C23H23N2O7P.C11H15NO2.ClH.H2/c1-2-30-23(26)22(17-18-9-5-3-6-10-18)24-33(29,31-20-11-7-4-8-12-20)32-21-15-13-19(14-16-21)25(27)28;1-2-14-11(13)10(12)8-9-6-4-3-5-7-9;;/h3-16,22H,2,17H2,1H3,(H,24,29);3-7,10H,2,8,12H2,1H3;2*1H/t22-,33?;10-;;/m00../s1/i;;;1+1. The van der Waals surface area contributed by atoms with Crippen LogP contribution in [-0.4, -0.2) is 42.2 Å². The number of nitro benzene ring substituents is 1. The maximum atomic E-state index is 13.8. The van der Waals surface area contributed by atoms with Crippen LogP contribution in [0.5, 0.6) is 11.5 Å². The SMILES string of the molecule is CCOC(=O)[C@@H](N)Cc1ccccc1.CCOC(=O)[C@H](Cc1ccccc1)NP(=O)(Oc1ccccc1)Oc1ccc([N+](=O)[O-])cc1.Cl.[2HH]. The zero-order chi connectivity index (χ0) is 34.1. The van der Waals surface area contributed by atoms with Crippen molar-refractivity contribution in [2.24, 2.45) is 5.73 Å². The topological polar surface area (TPSA) is 169 Å². The lowest BCUT2D eigenvalue weighted by Gasteiger charge is -2.25. The summed E-state index contributed by atoms with van der Waals surface area (Å²) in [7, 11) is -4.19. The van der Waals surface area contributed by atoms with Gasteiger partial charge in [0.05, 0.1) is 18.1 Å². The van der Waals surface area contributed by atoms with E-state index in [-0.39, 0.29) is 50.0 Å². The number of carbonyl (C=O) groups excluding carboxylic acids is 2. The van der Waals surface area contributed by atoms with Gasteiger partial charge in [0.2, 0.25) is 0 Å². The number of nitrogens with zero attached hydrogens (tertiary/aromatic N) is 1.